The molecule has 6 nitrogen and oxygen atoms in total. The molecule has 0 bridgehead atoms. The third-order valence-electron chi connectivity index (χ3n) is 3.41. The number of rotatable bonds is 9. The fourth-order valence-electron chi connectivity index (χ4n) is 2.14. The van der Waals surface area contributed by atoms with Crippen molar-refractivity contribution < 1.29 is 14.5 Å². The lowest BCUT2D eigenvalue weighted by molar-refractivity contribution is -0.387. The number of amides is 1. The third-order valence-corrected chi connectivity index (χ3v) is 5.02. The smallest absolute Gasteiger partial charge is 0.284 e. The number of benzene rings is 2. The first kappa shape index (κ1) is 20.4. The Bertz CT molecular complexity index is 768. The number of hydrogen-bond acceptors (Lipinski definition) is 5. The van der Waals surface area contributed by atoms with Gasteiger partial charge in [-0.2, -0.15) is 0 Å². The Morgan fingerprint density at radius 2 is 2.00 bits per heavy atom. The molecule has 0 atom stereocenters. The minimum absolute atomic E-state index is 0.0834. The molecule has 2 aromatic rings. The van der Waals surface area contributed by atoms with E-state index in [4.69, 9.17) is 4.74 Å². The van der Waals surface area contributed by atoms with Gasteiger partial charge in [0.05, 0.1) is 9.82 Å². The van der Waals surface area contributed by atoms with E-state index < -0.39 is 4.92 Å². The van der Waals surface area contributed by atoms with Gasteiger partial charge in [-0.3, -0.25) is 14.9 Å². The minimum Gasteiger partial charge on any atom is -0.382 e. The van der Waals surface area contributed by atoms with Crippen LogP contribution in [0.15, 0.2) is 56.7 Å². The van der Waals surface area contributed by atoms with Gasteiger partial charge in [0.25, 0.3) is 11.6 Å². The number of halogens is 1. The van der Waals surface area contributed by atoms with Crippen LogP contribution < -0.4 is 5.32 Å². The maximum atomic E-state index is 12.2. The summed E-state index contributed by atoms with van der Waals surface area (Å²) in [6.07, 6.45) is 0.694. The zero-order chi connectivity index (χ0) is 18.9. The lowest BCUT2D eigenvalue weighted by atomic mass is 10.2. The molecule has 26 heavy (non-hydrogen) atoms. The molecule has 0 radical (unpaired) electrons. The number of ether oxygens (including phenoxy) is 1. The lowest BCUT2D eigenvalue weighted by Crippen LogP contribution is -2.25. The van der Waals surface area contributed by atoms with Crippen LogP contribution in [0.3, 0.4) is 0 Å². The van der Waals surface area contributed by atoms with E-state index >= 15 is 0 Å². The van der Waals surface area contributed by atoms with Crippen molar-refractivity contribution in [1.82, 2.24) is 5.32 Å². The van der Waals surface area contributed by atoms with Crippen molar-refractivity contribution in [2.24, 2.45) is 0 Å². The average Bonchev–Trinajstić information content (AvgIpc) is 2.63. The van der Waals surface area contributed by atoms with E-state index in [1.807, 2.05) is 31.2 Å². The van der Waals surface area contributed by atoms with Crippen LogP contribution in [0.25, 0.3) is 0 Å². The summed E-state index contributed by atoms with van der Waals surface area (Å²) in [4.78, 5) is 24.5. The molecule has 0 aromatic heterocycles. The summed E-state index contributed by atoms with van der Waals surface area (Å²) in [6, 6.07) is 12.0. The van der Waals surface area contributed by atoms with Gasteiger partial charge >= 0.3 is 0 Å². The van der Waals surface area contributed by atoms with E-state index in [0.29, 0.717) is 31.1 Å². The predicted octanol–water partition coefficient (Wildman–Crippen LogP) is 4.66. The normalized spacial score (nSPS) is 10.5. The molecule has 0 aliphatic rings. The zero-order valence-electron chi connectivity index (χ0n) is 14.2. The molecule has 0 saturated carbocycles. The molecule has 8 heteroatoms. The molecule has 2 rings (SSSR count). The van der Waals surface area contributed by atoms with Crippen molar-refractivity contribution in [3.05, 3.63) is 62.6 Å². The molecular weight excluding hydrogens is 420 g/mol. The van der Waals surface area contributed by atoms with Crippen LogP contribution in [0.4, 0.5) is 5.69 Å². The number of hydrogen-bond donors (Lipinski definition) is 1. The molecule has 0 aliphatic carbocycles. The van der Waals surface area contributed by atoms with Crippen LogP contribution in [0.2, 0.25) is 0 Å². The molecular formula is C18H19BrN2O4S. The van der Waals surface area contributed by atoms with Crippen molar-refractivity contribution >= 4 is 39.3 Å². The Morgan fingerprint density at radius 3 is 2.65 bits per heavy atom. The molecule has 138 valence electrons. The van der Waals surface area contributed by atoms with Gasteiger partial charge in [-0.25, -0.2) is 0 Å². The number of nitro benzene ring substituents is 1. The summed E-state index contributed by atoms with van der Waals surface area (Å²) in [5.74, 6) is -0.329. The SMILES string of the molecule is CCOCCCNC(=O)c1ccc(Sc2ccc(Br)cc2)c([N+](=O)[O-])c1. The molecule has 0 aliphatic heterocycles. The molecule has 0 saturated heterocycles. The number of nitrogens with zero attached hydrogens (tertiary/aromatic N) is 1. The third kappa shape index (κ3) is 6.12. The highest BCUT2D eigenvalue weighted by molar-refractivity contribution is 9.10. The first-order valence-electron chi connectivity index (χ1n) is 8.09. The van der Waals surface area contributed by atoms with Crippen molar-refractivity contribution in [1.29, 1.82) is 0 Å². The van der Waals surface area contributed by atoms with Gasteiger partial charge < -0.3 is 10.1 Å². The Labute approximate surface area is 164 Å². The first-order valence-corrected chi connectivity index (χ1v) is 9.70. The van der Waals surface area contributed by atoms with Gasteiger partial charge in [-0.1, -0.05) is 27.7 Å². The molecule has 0 fully saturated rings. The fourth-order valence-corrected chi connectivity index (χ4v) is 3.30. The molecule has 1 amide bonds. The summed E-state index contributed by atoms with van der Waals surface area (Å²) in [5.41, 5.74) is 0.188. The summed E-state index contributed by atoms with van der Waals surface area (Å²) in [6.45, 7) is 3.57. The largest absolute Gasteiger partial charge is 0.382 e. The molecule has 1 N–H and O–H groups in total. The first-order chi connectivity index (χ1) is 12.5. The zero-order valence-corrected chi connectivity index (χ0v) is 16.6. The topological polar surface area (TPSA) is 81.5 Å². The average molecular weight is 439 g/mol. The van der Waals surface area contributed by atoms with Crippen LogP contribution in [-0.4, -0.2) is 30.6 Å². The van der Waals surface area contributed by atoms with E-state index in [9.17, 15) is 14.9 Å². The van der Waals surface area contributed by atoms with Crippen molar-refractivity contribution in [3.8, 4) is 0 Å². The standard InChI is InChI=1S/C18H19BrN2O4S/c1-2-25-11-3-10-20-18(22)13-4-9-17(16(12-13)21(23)24)26-15-7-5-14(19)6-8-15/h4-9,12H,2-3,10-11H2,1H3,(H,20,22). The highest BCUT2D eigenvalue weighted by atomic mass is 79.9. The summed E-state index contributed by atoms with van der Waals surface area (Å²) >= 11 is 4.65. The van der Waals surface area contributed by atoms with Gasteiger partial charge in [-0.05, 0) is 49.7 Å². The van der Waals surface area contributed by atoms with Crippen molar-refractivity contribution in [2.75, 3.05) is 19.8 Å². The van der Waals surface area contributed by atoms with Crippen LogP contribution in [0.5, 0.6) is 0 Å². The van der Waals surface area contributed by atoms with Gasteiger partial charge in [-0.15, -0.1) is 0 Å². The van der Waals surface area contributed by atoms with Crippen LogP contribution >= 0.6 is 27.7 Å². The molecule has 0 heterocycles. The van der Waals surface area contributed by atoms with Crippen LogP contribution in [0.1, 0.15) is 23.7 Å². The van der Waals surface area contributed by atoms with Crippen molar-refractivity contribution in [3.63, 3.8) is 0 Å². The minimum atomic E-state index is -0.465. The monoisotopic (exact) mass is 438 g/mol. The van der Waals surface area contributed by atoms with E-state index in [2.05, 4.69) is 21.2 Å². The van der Waals surface area contributed by atoms with E-state index in [1.54, 1.807) is 12.1 Å². The maximum absolute atomic E-state index is 12.2. The van der Waals surface area contributed by atoms with Gasteiger partial charge in [0.2, 0.25) is 0 Å². The second-order valence-corrected chi connectivity index (χ2v) is 7.33. The quantitative estimate of drug-likeness (QED) is 0.349. The Balaban J connectivity index is 2.08. The van der Waals surface area contributed by atoms with E-state index in [1.165, 1.54) is 17.8 Å². The molecule has 2 aromatic carbocycles. The predicted molar refractivity (Wildman–Crippen MR) is 105 cm³/mol. The number of carbonyl (C=O) groups is 1. The van der Waals surface area contributed by atoms with Crippen LogP contribution in [0, 0.1) is 10.1 Å². The second-order valence-electron chi connectivity index (χ2n) is 5.30. The molecule has 0 spiro atoms. The lowest BCUT2D eigenvalue weighted by Gasteiger charge is -2.08. The van der Waals surface area contributed by atoms with E-state index in [0.717, 1.165) is 9.37 Å². The Kier molecular flexibility index (Phi) is 8.08. The second kappa shape index (κ2) is 10.3. The van der Waals surface area contributed by atoms with Crippen molar-refractivity contribution in [2.45, 2.75) is 23.1 Å². The van der Waals surface area contributed by atoms with Gasteiger partial charge in [0.15, 0.2) is 0 Å². The number of nitrogens with one attached hydrogen (secondary N) is 1. The maximum Gasteiger partial charge on any atom is 0.284 e. The number of carbonyl (C=O) groups excluding carboxylic acids is 1. The molecule has 0 unspecified atom stereocenters. The summed E-state index contributed by atoms with van der Waals surface area (Å²) in [7, 11) is 0. The van der Waals surface area contributed by atoms with Gasteiger partial charge in [0.1, 0.15) is 0 Å². The van der Waals surface area contributed by atoms with Gasteiger partial charge in [0, 0.05) is 40.8 Å². The highest BCUT2D eigenvalue weighted by Gasteiger charge is 2.18. The highest BCUT2D eigenvalue weighted by Crippen LogP contribution is 2.35. The Morgan fingerprint density at radius 1 is 1.27 bits per heavy atom. The van der Waals surface area contributed by atoms with E-state index in [-0.39, 0.29) is 17.2 Å². The van der Waals surface area contributed by atoms with Crippen LogP contribution in [-0.2, 0) is 4.74 Å². The fraction of sp³-hybridized carbons (Fsp3) is 0.278. The summed E-state index contributed by atoms with van der Waals surface area (Å²) < 4.78 is 6.14. The summed E-state index contributed by atoms with van der Waals surface area (Å²) in [5, 5.41) is 14.2. The number of nitro groups is 1. The Hall–Kier alpha value is -1.90.